The van der Waals surface area contributed by atoms with E-state index in [0.717, 1.165) is 19.3 Å². The van der Waals surface area contributed by atoms with Gasteiger partial charge >= 0.3 is 0 Å². The molecule has 0 bridgehead atoms. The number of ether oxygens (including phenoxy) is 2. The number of methoxy groups -OCH3 is 2. The van der Waals surface area contributed by atoms with E-state index in [2.05, 4.69) is 17.5 Å². The van der Waals surface area contributed by atoms with E-state index < -0.39 is 0 Å². The number of carbonyl (C=O) groups excluding carboxylic acids is 1. The van der Waals surface area contributed by atoms with Gasteiger partial charge in [0.25, 0.3) is 0 Å². The normalized spacial score (nSPS) is 10.6. The molecule has 6 heteroatoms. The highest BCUT2D eigenvalue weighted by Gasteiger charge is 2.10. The highest BCUT2D eigenvalue weighted by molar-refractivity contribution is 5.84. The number of hydrogen-bond donors (Lipinski definition) is 2. The van der Waals surface area contributed by atoms with Crippen LogP contribution in [0, 0.1) is 0 Å². The van der Waals surface area contributed by atoms with Crippen LogP contribution < -0.4 is 14.9 Å². The lowest BCUT2D eigenvalue weighted by Gasteiger charge is -2.09. The molecule has 1 amide bonds. The molecule has 0 aliphatic rings. The summed E-state index contributed by atoms with van der Waals surface area (Å²) in [6.07, 6.45) is 4.90. The van der Waals surface area contributed by atoms with Crippen molar-refractivity contribution in [1.29, 1.82) is 0 Å². The van der Waals surface area contributed by atoms with Gasteiger partial charge in [-0.3, -0.25) is 4.79 Å². The minimum absolute atomic E-state index is 0.0687. The first-order valence-electron chi connectivity index (χ1n) is 6.89. The number of benzene rings is 1. The summed E-state index contributed by atoms with van der Waals surface area (Å²) in [5, 5.41) is 13.7. The molecule has 116 valence electrons. The second-order valence-corrected chi connectivity index (χ2v) is 4.52. The number of unbranched alkanes of at least 4 members (excludes halogenated alkanes) is 2. The number of phenolic OH excluding ortho intramolecular Hbond substituents is 1. The van der Waals surface area contributed by atoms with Gasteiger partial charge in [-0.15, -0.1) is 0 Å². The molecule has 0 atom stereocenters. The third-order valence-corrected chi connectivity index (χ3v) is 2.91. The zero-order valence-corrected chi connectivity index (χ0v) is 12.7. The Balaban J connectivity index is 2.65. The van der Waals surface area contributed by atoms with Crippen molar-refractivity contribution in [2.24, 2.45) is 5.10 Å². The zero-order chi connectivity index (χ0) is 15.7. The molecule has 0 aliphatic carbocycles. The summed E-state index contributed by atoms with van der Waals surface area (Å²) in [7, 11) is 2.90. The molecule has 0 unspecified atom stereocenters. The van der Waals surface area contributed by atoms with Gasteiger partial charge in [-0.1, -0.05) is 19.8 Å². The quantitative estimate of drug-likeness (QED) is 0.438. The number of hydrogen-bond acceptors (Lipinski definition) is 5. The van der Waals surface area contributed by atoms with E-state index >= 15 is 0 Å². The number of nitrogens with zero attached hydrogens (tertiary/aromatic N) is 1. The molecule has 0 spiro atoms. The topological polar surface area (TPSA) is 80.2 Å². The highest BCUT2D eigenvalue weighted by Crippen LogP contribution is 2.36. The number of aromatic hydroxyl groups is 1. The third kappa shape index (κ3) is 5.33. The Bertz CT molecular complexity index is 475. The van der Waals surface area contributed by atoms with Crippen LogP contribution in [0.5, 0.6) is 17.2 Å². The Labute approximate surface area is 124 Å². The van der Waals surface area contributed by atoms with Gasteiger partial charge < -0.3 is 14.6 Å². The average molecular weight is 294 g/mol. The van der Waals surface area contributed by atoms with Gasteiger partial charge in [0.2, 0.25) is 11.7 Å². The van der Waals surface area contributed by atoms with E-state index in [-0.39, 0.29) is 23.2 Å². The molecule has 0 heterocycles. The maximum atomic E-state index is 11.5. The number of nitrogens with one attached hydrogen (secondary N) is 1. The SMILES string of the molecule is CCCCCC(=O)NN=Cc1cc(OC)c(O)c(OC)c1. The Morgan fingerprint density at radius 2 is 1.90 bits per heavy atom. The molecule has 0 radical (unpaired) electrons. The smallest absolute Gasteiger partial charge is 0.240 e. The van der Waals surface area contributed by atoms with Gasteiger partial charge in [0.05, 0.1) is 20.4 Å². The lowest BCUT2D eigenvalue weighted by atomic mass is 10.2. The lowest BCUT2D eigenvalue weighted by molar-refractivity contribution is -0.121. The molecule has 0 saturated heterocycles. The van der Waals surface area contributed by atoms with Crippen molar-refractivity contribution in [3.05, 3.63) is 17.7 Å². The van der Waals surface area contributed by atoms with Crippen molar-refractivity contribution >= 4 is 12.1 Å². The molecule has 0 aliphatic heterocycles. The van der Waals surface area contributed by atoms with Crippen LogP contribution in [0.3, 0.4) is 0 Å². The van der Waals surface area contributed by atoms with E-state index in [4.69, 9.17) is 9.47 Å². The fourth-order valence-corrected chi connectivity index (χ4v) is 1.76. The Hall–Kier alpha value is -2.24. The molecular formula is C15H22N2O4. The zero-order valence-electron chi connectivity index (χ0n) is 12.7. The van der Waals surface area contributed by atoms with Crippen molar-refractivity contribution < 1.29 is 19.4 Å². The Kier molecular flexibility index (Phi) is 7.08. The lowest BCUT2D eigenvalue weighted by Crippen LogP contribution is -2.16. The summed E-state index contributed by atoms with van der Waals surface area (Å²) < 4.78 is 10.1. The van der Waals surface area contributed by atoms with Crippen LogP contribution in [0.4, 0.5) is 0 Å². The predicted molar refractivity (Wildman–Crippen MR) is 81.1 cm³/mol. The Morgan fingerprint density at radius 1 is 1.29 bits per heavy atom. The van der Waals surface area contributed by atoms with Gasteiger partial charge in [0.1, 0.15) is 0 Å². The van der Waals surface area contributed by atoms with Gasteiger partial charge in [-0.2, -0.15) is 5.10 Å². The molecule has 21 heavy (non-hydrogen) atoms. The van der Waals surface area contributed by atoms with Gasteiger partial charge in [-0.25, -0.2) is 5.43 Å². The molecular weight excluding hydrogens is 272 g/mol. The summed E-state index contributed by atoms with van der Waals surface area (Å²) in [6.45, 7) is 2.08. The van der Waals surface area contributed by atoms with Crippen LogP contribution in [0.1, 0.15) is 38.2 Å². The maximum Gasteiger partial charge on any atom is 0.240 e. The van der Waals surface area contributed by atoms with Crippen molar-refractivity contribution in [2.75, 3.05) is 14.2 Å². The first kappa shape index (κ1) is 16.8. The second-order valence-electron chi connectivity index (χ2n) is 4.52. The summed E-state index contributed by atoms with van der Waals surface area (Å²) in [4.78, 5) is 11.5. The van der Waals surface area contributed by atoms with Gasteiger partial charge in [0, 0.05) is 12.0 Å². The fraction of sp³-hybridized carbons (Fsp3) is 0.467. The number of hydrazone groups is 1. The minimum Gasteiger partial charge on any atom is -0.502 e. The fourth-order valence-electron chi connectivity index (χ4n) is 1.76. The monoisotopic (exact) mass is 294 g/mol. The molecule has 0 fully saturated rings. The van der Waals surface area contributed by atoms with E-state index in [0.29, 0.717) is 12.0 Å². The van der Waals surface area contributed by atoms with Crippen molar-refractivity contribution in [1.82, 2.24) is 5.43 Å². The second kappa shape index (κ2) is 8.84. The van der Waals surface area contributed by atoms with Crippen LogP contribution in [-0.4, -0.2) is 31.4 Å². The average Bonchev–Trinajstić information content (AvgIpc) is 2.48. The van der Waals surface area contributed by atoms with Crippen molar-refractivity contribution in [3.63, 3.8) is 0 Å². The molecule has 1 rings (SSSR count). The molecule has 6 nitrogen and oxygen atoms in total. The summed E-state index contributed by atoms with van der Waals surface area (Å²) in [5.41, 5.74) is 3.11. The van der Waals surface area contributed by atoms with Crippen LogP contribution in [0.15, 0.2) is 17.2 Å². The minimum atomic E-state index is -0.114. The number of carbonyl (C=O) groups is 1. The van der Waals surface area contributed by atoms with Crippen molar-refractivity contribution in [3.8, 4) is 17.2 Å². The molecule has 2 N–H and O–H groups in total. The van der Waals surface area contributed by atoms with Crippen LogP contribution in [0.2, 0.25) is 0 Å². The van der Waals surface area contributed by atoms with Crippen LogP contribution >= 0.6 is 0 Å². The van der Waals surface area contributed by atoms with E-state index in [1.165, 1.54) is 20.4 Å². The van der Waals surface area contributed by atoms with Crippen molar-refractivity contribution in [2.45, 2.75) is 32.6 Å². The first-order chi connectivity index (χ1) is 10.1. The number of amides is 1. The highest BCUT2D eigenvalue weighted by atomic mass is 16.5. The summed E-state index contributed by atoms with van der Waals surface area (Å²) in [5.74, 6) is 0.383. The standard InChI is InChI=1S/C15H22N2O4/c1-4-5-6-7-14(18)17-16-10-11-8-12(20-2)15(19)13(9-11)21-3/h8-10,19H,4-7H2,1-3H3,(H,17,18). The van der Waals surface area contributed by atoms with Gasteiger partial charge in [0.15, 0.2) is 11.5 Å². The largest absolute Gasteiger partial charge is 0.502 e. The molecule has 1 aromatic rings. The third-order valence-electron chi connectivity index (χ3n) is 2.91. The Morgan fingerprint density at radius 3 is 2.43 bits per heavy atom. The summed E-state index contributed by atoms with van der Waals surface area (Å²) in [6, 6.07) is 3.20. The maximum absolute atomic E-state index is 11.5. The van der Waals surface area contributed by atoms with E-state index in [1.54, 1.807) is 12.1 Å². The van der Waals surface area contributed by atoms with Gasteiger partial charge in [-0.05, 0) is 18.6 Å². The summed E-state index contributed by atoms with van der Waals surface area (Å²) >= 11 is 0. The number of phenols is 1. The van der Waals surface area contributed by atoms with Crippen LogP contribution in [-0.2, 0) is 4.79 Å². The number of rotatable bonds is 8. The molecule has 0 saturated carbocycles. The van der Waals surface area contributed by atoms with E-state index in [1.807, 2.05) is 0 Å². The van der Waals surface area contributed by atoms with Crippen LogP contribution in [0.25, 0.3) is 0 Å². The first-order valence-corrected chi connectivity index (χ1v) is 6.89. The molecule has 1 aromatic carbocycles. The molecule has 0 aromatic heterocycles. The van der Waals surface area contributed by atoms with E-state index in [9.17, 15) is 9.90 Å². The predicted octanol–water partition coefficient (Wildman–Crippen LogP) is 2.44.